The molecule has 3 aromatic rings. The van der Waals surface area contributed by atoms with Gasteiger partial charge in [0.25, 0.3) is 5.91 Å². The van der Waals surface area contributed by atoms with E-state index in [1.807, 2.05) is 0 Å². The predicted octanol–water partition coefficient (Wildman–Crippen LogP) is 7.26. The lowest BCUT2D eigenvalue weighted by Gasteiger charge is -2.48. The van der Waals surface area contributed by atoms with E-state index in [1.54, 1.807) is 35.9 Å². The molecule has 3 fully saturated rings. The fourth-order valence-corrected chi connectivity index (χ4v) is 7.68. The first-order valence-electron chi connectivity index (χ1n) is 16.1. The van der Waals surface area contributed by atoms with Crippen LogP contribution < -0.4 is 15.0 Å². The first-order valence-corrected chi connectivity index (χ1v) is 16.1. The molecule has 1 aromatic heterocycles. The van der Waals surface area contributed by atoms with Crippen LogP contribution in [0.5, 0.6) is 5.75 Å². The Morgan fingerprint density at radius 1 is 1.04 bits per heavy atom. The number of amides is 1. The summed E-state index contributed by atoms with van der Waals surface area (Å²) >= 11 is 0. The maximum atomic E-state index is 14.6. The van der Waals surface area contributed by atoms with Crippen LogP contribution in [0.4, 0.5) is 27.6 Å². The number of alkyl halides is 5. The lowest BCUT2D eigenvalue weighted by Crippen LogP contribution is -2.51. The molecule has 7 rings (SSSR count). The second-order valence-electron chi connectivity index (χ2n) is 14.1. The Balaban J connectivity index is 1.27. The number of nitrogens with zero attached hydrogens (tertiary/aromatic N) is 4. The van der Waals surface area contributed by atoms with Gasteiger partial charge < -0.3 is 19.5 Å². The Labute approximate surface area is 264 Å². The van der Waals surface area contributed by atoms with Crippen LogP contribution in [0, 0.1) is 0 Å². The molecule has 0 unspecified atom stereocenters. The molecule has 12 heteroatoms. The van der Waals surface area contributed by atoms with Crippen molar-refractivity contribution in [2.75, 3.05) is 4.90 Å². The summed E-state index contributed by atoms with van der Waals surface area (Å²) in [4.78, 5) is 15.3. The van der Waals surface area contributed by atoms with Crippen molar-refractivity contribution in [2.24, 2.45) is 7.05 Å². The molecule has 0 atom stereocenters. The second-order valence-corrected chi connectivity index (χ2v) is 14.1. The van der Waals surface area contributed by atoms with Gasteiger partial charge in [-0.3, -0.25) is 4.79 Å². The molecule has 0 radical (unpaired) electrons. The van der Waals surface area contributed by atoms with E-state index in [0.717, 1.165) is 51.0 Å². The summed E-state index contributed by atoms with van der Waals surface area (Å²) in [5.41, 5.74) is -0.762. The largest absolute Gasteiger partial charge is 0.490 e. The van der Waals surface area contributed by atoms with Crippen LogP contribution in [-0.4, -0.2) is 38.2 Å². The van der Waals surface area contributed by atoms with Crippen LogP contribution in [0.25, 0.3) is 0 Å². The van der Waals surface area contributed by atoms with Crippen molar-refractivity contribution < 1.29 is 31.5 Å². The second kappa shape index (κ2) is 11.0. The van der Waals surface area contributed by atoms with Crippen LogP contribution in [-0.2, 0) is 38.1 Å². The number of carbonyl (C=O) groups excluding carboxylic acids is 1. The summed E-state index contributed by atoms with van der Waals surface area (Å²) in [6.45, 7) is 1.98. The van der Waals surface area contributed by atoms with E-state index in [2.05, 4.69) is 22.4 Å². The Kier molecular flexibility index (Phi) is 7.45. The lowest BCUT2D eigenvalue weighted by molar-refractivity contribution is -0.138. The topological polar surface area (TPSA) is 72.3 Å². The summed E-state index contributed by atoms with van der Waals surface area (Å²) in [5.74, 6) is -2.48. The van der Waals surface area contributed by atoms with Crippen molar-refractivity contribution in [3.63, 3.8) is 0 Å². The van der Waals surface area contributed by atoms with Crippen molar-refractivity contribution in [1.29, 1.82) is 0 Å². The molecule has 46 heavy (non-hydrogen) atoms. The van der Waals surface area contributed by atoms with Gasteiger partial charge in [0.2, 0.25) is 5.92 Å². The van der Waals surface area contributed by atoms with Gasteiger partial charge in [-0.15, -0.1) is 10.2 Å². The van der Waals surface area contributed by atoms with Crippen LogP contribution in [0.15, 0.2) is 36.7 Å². The molecular weight excluding hydrogens is 605 g/mol. The number of anilines is 1. The molecule has 0 bridgehead atoms. The van der Waals surface area contributed by atoms with Crippen LogP contribution >= 0.6 is 0 Å². The highest BCUT2D eigenvalue weighted by molar-refractivity contribution is 6.10. The van der Waals surface area contributed by atoms with E-state index in [9.17, 15) is 26.7 Å². The molecule has 3 saturated carbocycles. The van der Waals surface area contributed by atoms with Gasteiger partial charge in [-0.25, -0.2) is 8.78 Å². The van der Waals surface area contributed by atoms with Gasteiger partial charge in [0.1, 0.15) is 17.9 Å². The van der Waals surface area contributed by atoms with E-state index in [0.29, 0.717) is 28.4 Å². The monoisotopic (exact) mass is 643 g/mol. The molecule has 1 N–H and O–H groups in total. The Bertz CT molecular complexity index is 1650. The number of halogens is 5. The highest BCUT2D eigenvalue weighted by atomic mass is 19.4. The molecule has 0 saturated heterocycles. The van der Waals surface area contributed by atoms with Crippen molar-refractivity contribution in [2.45, 2.75) is 113 Å². The third kappa shape index (κ3) is 5.77. The number of hydrogen-bond acceptors (Lipinski definition) is 5. The average Bonchev–Trinajstić information content (AvgIpc) is 3.70. The maximum absolute atomic E-state index is 14.6. The van der Waals surface area contributed by atoms with Crippen molar-refractivity contribution in [3.8, 4) is 5.75 Å². The standard InChI is InChI=1S/C34H38F5N5O2/c1-31(8-5-9-31)40-16-21-10-26-27(28(11-21)34(37,38)39)17-44(30(26)45)23-12-22(13-25(14-23)46-24-6-3-4-7-24)32(18-33(35,36)19-32)15-29-42-41-20-43(29)2/h10-14,20,24,40H,3-9,15-19H2,1-2H3. The first kappa shape index (κ1) is 31.1. The van der Waals surface area contributed by atoms with Gasteiger partial charge in [0.05, 0.1) is 18.2 Å². The minimum absolute atomic E-state index is 0.0121. The summed E-state index contributed by atoms with van der Waals surface area (Å²) in [5, 5.41) is 11.4. The smallest absolute Gasteiger partial charge is 0.416 e. The number of fused-ring (bicyclic) bond motifs is 1. The normalized spacial score (nSPS) is 21.6. The Morgan fingerprint density at radius 3 is 2.39 bits per heavy atom. The first-order chi connectivity index (χ1) is 21.7. The van der Waals surface area contributed by atoms with E-state index in [1.165, 1.54) is 11.2 Å². The third-order valence-electron chi connectivity index (χ3n) is 10.5. The molecule has 1 aliphatic heterocycles. The fraction of sp³-hybridized carbons (Fsp3) is 0.559. The summed E-state index contributed by atoms with van der Waals surface area (Å²) < 4.78 is 80.6. The third-order valence-corrected chi connectivity index (χ3v) is 10.5. The lowest BCUT2D eigenvalue weighted by atomic mass is 9.60. The number of nitrogens with one attached hydrogen (secondary N) is 1. The number of rotatable bonds is 9. The zero-order chi connectivity index (χ0) is 32.5. The summed E-state index contributed by atoms with van der Waals surface area (Å²) in [6, 6.07) is 7.79. The van der Waals surface area contributed by atoms with Gasteiger partial charge in [-0.1, -0.05) is 0 Å². The van der Waals surface area contributed by atoms with Crippen molar-refractivity contribution in [3.05, 3.63) is 70.3 Å². The number of aromatic nitrogens is 3. The molecule has 2 aromatic carbocycles. The van der Waals surface area contributed by atoms with E-state index in [-0.39, 0.29) is 42.3 Å². The van der Waals surface area contributed by atoms with Crippen molar-refractivity contribution in [1.82, 2.24) is 20.1 Å². The van der Waals surface area contributed by atoms with Gasteiger partial charge in [-0.05, 0) is 92.8 Å². The number of carbonyl (C=O) groups is 1. The molecule has 0 spiro atoms. The summed E-state index contributed by atoms with van der Waals surface area (Å²) in [6.07, 6.45) is 2.80. The maximum Gasteiger partial charge on any atom is 0.416 e. The van der Waals surface area contributed by atoms with Gasteiger partial charge in [-0.2, -0.15) is 13.2 Å². The highest BCUT2D eigenvalue weighted by Gasteiger charge is 2.58. The summed E-state index contributed by atoms with van der Waals surface area (Å²) in [7, 11) is 1.75. The zero-order valence-electron chi connectivity index (χ0n) is 26.0. The van der Waals surface area contributed by atoms with Gasteiger partial charge in [0.15, 0.2) is 0 Å². The SMILES string of the molecule is Cn1cnnc1CC1(c2cc(OC3CCCC3)cc(N3Cc4c(cc(CNC5(C)CCC5)cc4C(F)(F)F)C3=O)c2)CC(F)(F)C1. The highest BCUT2D eigenvalue weighted by Crippen LogP contribution is 2.56. The van der Waals surface area contributed by atoms with Crippen LogP contribution in [0.2, 0.25) is 0 Å². The van der Waals surface area contributed by atoms with E-state index < -0.39 is 41.8 Å². The number of aryl methyl sites for hydroxylation is 1. The molecule has 246 valence electrons. The molecule has 2 heterocycles. The zero-order valence-corrected chi connectivity index (χ0v) is 26.0. The molecule has 1 amide bonds. The average molecular weight is 644 g/mol. The molecule has 7 nitrogen and oxygen atoms in total. The predicted molar refractivity (Wildman–Crippen MR) is 161 cm³/mol. The fourth-order valence-electron chi connectivity index (χ4n) is 7.68. The minimum atomic E-state index is -4.66. The number of benzene rings is 2. The van der Waals surface area contributed by atoms with Crippen LogP contribution in [0.1, 0.15) is 103 Å². The quantitative estimate of drug-likeness (QED) is 0.249. The minimum Gasteiger partial charge on any atom is -0.490 e. The van der Waals surface area contributed by atoms with Gasteiger partial charge in [0, 0.05) is 61.1 Å². The van der Waals surface area contributed by atoms with E-state index in [4.69, 9.17) is 4.74 Å². The Hall–Kier alpha value is -3.54. The molecule has 4 aliphatic rings. The van der Waals surface area contributed by atoms with Crippen molar-refractivity contribution >= 4 is 11.6 Å². The number of ether oxygens (including phenoxy) is 1. The van der Waals surface area contributed by atoms with Crippen LogP contribution in [0.3, 0.4) is 0 Å². The number of hydrogen-bond donors (Lipinski definition) is 1. The van der Waals surface area contributed by atoms with E-state index >= 15 is 0 Å². The Morgan fingerprint density at radius 2 is 1.78 bits per heavy atom. The molecular formula is C34H38F5N5O2. The van der Waals surface area contributed by atoms with Gasteiger partial charge >= 0.3 is 6.18 Å². The molecule has 3 aliphatic carbocycles.